The molecule has 0 aliphatic heterocycles. The summed E-state index contributed by atoms with van der Waals surface area (Å²) in [5.74, 6) is -0.0842. The Balaban J connectivity index is 2.22. The van der Waals surface area contributed by atoms with Crippen LogP contribution < -0.4 is 10.5 Å². The molecule has 0 amide bonds. The van der Waals surface area contributed by atoms with E-state index in [4.69, 9.17) is 10.5 Å². The summed E-state index contributed by atoms with van der Waals surface area (Å²) in [5, 5.41) is 10.3. The number of nitrogens with two attached hydrogens (primary N) is 1. The zero-order valence-electron chi connectivity index (χ0n) is 10.6. The summed E-state index contributed by atoms with van der Waals surface area (Å²) in [4.78, 5) is 0. The molecule has 3 N–H and O–H groups in total. The highest BCUT2D eigenvalue weighted by Crippen LogP contribution is 2.35. The Kier molecular flexibility index (Phi) is 4.19. The van der Waals surface area contributed by atoms with Crippen LogP contribution in [0.3, 0.4) is 0 Å². The third kappa shape index (κ3) is 2.49. The summed E-state index contributed by atoms with van der Waals surface area (Å²) in [6, 6.07) is 4.04. The maximum Gasteiger partial charge on any atom is 0.165 e. The Morgan fingerprint density at radius 3 is 2.67 bits per heavy atom. The van der Waals surface area contributed by atoms with Crippen LogP contribution in [0.25, 0.3) is 0 Å². The lowest BCUT2D eigenvalue weighted by atomic mass is 9.90. The van der Waals surface area contributed by atoms with Crippen molar-refractivity contribution in [1.82, 2.24) is 0 Å². The summed E-state index contributed by atoms with van der Waals surface area (Å²) < 4.78 is 18.6. The number of hydrogen-bond acceptors (Lipinski definition) is 3. The molecule has 0 radical (unpaired) electrons. The number of aliphatic hydroxyl groups is 1. The van der Waals surface area contributed by atoms with Crippen molar-refractivity contribution in [3.8, 4) is 5.75 Å². The fraction of sp³-hybridized carbons (Fsp3) is 0.571. The topological polar surface area (TPSA) is 55.5 Å². The molecule has 0 bridgehead atoms. The lowest BCUT2D eigenvalue weighted by Gasteiger charge is -2.25. The van der Waals surface area contributed by atoms with E-state index < -0.39 is 18.0 Å². The molecule has 0 saturated heterocycles. The lowest BCUT2D eigenvalue weighted by molar-refractivity contribution is 0.0834. The highest BCUT2D eigenvalue weighted by atomic mass is 19.1. The lowest BCUT2D eigenvalue weighted by Crippen LogP contribution is -2.32. The Morgan fingerprint density at radius 2 is 2.06 bits per heavy atom. The number of para-hydroxylation sites is 1. The van der Waals surface area contributed by atoms with Crippen molar-refractivity contribution in [1.29, 1.82) is 0 Å². The molecule has 18 heavy (non-hydrogen) atoms. The van der Waals surface area contributed by atoms with E-state index in [1.165, 1.54) is 13.2 Å². The molecule has 1 fully saturated rings. The average molecular weight is 253 g/mol. The number of ether oxygens (including phenoxy) is 1. The normalized spacial score (nSPS) is 19.8. The molecule has 100 valence electrons. The van der Waals surface area contributed by atoms with Gasteiger partial charge in [0.2, 0.25) is 0 Å². The van der Waals surface area contributed by atoms with Crippen molar-refractivity contribution in [3.05, 3.63) is 29.6 Å². The molecule has 1 aromatic rings. The van der Waals surface area contributed by atoms with Gasteiger partial charge in [0, 0.05) is 5.56 Å². The van der Waals surface area contributed by atoms with Gasteiger partial charge in [-0.05, 0) is 24.8 Å². The van der Waals surface area contributed by atoms with Crippen LogP contribution in [-0.4, -0.2) is 18.3 Å². The monoisotopic (exact) mass is 253 g/mol. The number of benzene rings is 1. The molecule has 1 aliphatic rings. The highest BCUT2D eigenvalue weighted by Gasteiger charge is 2.30. The zero-order valence-corrected chi connectivity index (χ0v) is 10.6. The van der Waals surface area contributed by atoms with Crippen molar-refractivity contribution in [2.75, 3.05) is 7.11 Å². The number of hydrogen-bond donors (Lipinski definition) is 2. The Hall–Kier alpha value is -1.13. The predicted molar refractivity (Wildman–Crippen MR) is 67.8 cm³/mol. The molecule has 2 rings (SSSR count). The van der Waals surface area contributed by atoms with Crippen LogP contribution >= 0.6 is 0 Å². The van der Waals surface area contributed by atoms with Gasteiger partial charge >= 0.3 is 0 Å². The van der Waals surface area contributed by atoms with E-state index in [9.17, 15) is 9.50 Å². The van der Waals surface area contributed by atoms with Crippen LogP contribution in [0.2, 0.25) is 0 Å². The van der Waals surface area contributed by atoms with Gasteiger partial charge in [-0.15, -0.1) is 0 Å². The smallest absolute Gasteiger partial charge is 0.165 e. The predicted octanol–water partition coefficient (Wildman–Crippen LogP) is 2.39. The summed E-state index contributed by atoms with van der Waals surface area (Å²) in [5.41, 5.74) is 6.61. The minimum atomic E-state index is -0.636. The number of halogens is 1. The summed E-state index contributed by atoms with van der Waals surface area (Å²) in [6.07, 6.45) is 3.62. The summed E-state index contributed by atoms with van der Waals surface area (Å²) >= 11 is 0. The van der Waals surface area contributed by atoms with E-state index in [2.05, 4.69) is 0 Å². The molecular formula is C14H20FNO2. The Labute approximate surface area is 107 Å². The van der Waals surface area contributed by atoms with Gasteiger partial charge in [-0.2, -0.15) is 0 Å². The highest BCUT2D eigenvalue weighted by molar-refractivity contribution is 5.37. The van der Waals surface area contributed by atoms with Crippen molar-refractivity contribution >= 4 is 0 Å². The Morgan fingerprint density at radius 1 is 1.39 bits per heavy atom. The number of rotatable bonds is 4. The number of aliphatic hydroxyl groups excluding tert-OH is 1. The van der Waals surface area contributed by atoms with Crippen LogP contribution in [0, 0.1) is 11.7 Å². The van der Waals surface area contributed by atoms with Crippen LogP contribution in [0.5, 0.6) is 5.75 Å². The van der Waals surface area contributed by atoms with Crippen LogP contribution in [0.15, 0.2) is 18.2 Å². The molecule has 1 aliphatic carbocycles. The van der Waals surface area contributed by atoms with Gasteiger partial charge < -0.3 is 15.6 Å². The van der Waals surface area contributed by atoms with Crippen molar-refractivity contribution in [3.63, 3.8) is 0 Å². The maximum absolute atomic E-state index is 13.6. The molecule has 3 nitrogen and oxygen atoms in total. The van der Waals surface area contributed by atoms with Gasteiger partial charge in [0.15, 0.2) is 11.6 Å². The molecule has 2 atom stereocenters. The second kappa shape index (κ2) is 5.67. The zero-order chi connectivity index (χ0) is 13.1. The van der Waals surface area contributed by atoms with E-state index in [1.807, 2.05) is 0 Å². The summed E-state index contributed by atoms with van der Waals surface area (Å²) in [7, 11) is 1.41. The quantitative estimate of drug-likeness (QED) is 0.866. The first-order valence-corrected chi connectivity index (χ1v) is 6.41. The summed E-state index contributed by atoms with van der Waals surface area (Å²) in [6.45, 7) is 0. The largest absolute Gasteiger partial charge is 0.493 e. The molecule has 0 aromatic heterocycles. The fourth-order valence-corrected chi connectivity index (χ4v) is 2.78. The molecule has 0 heterocycles. The van der Waals surface area contributed by atoms with E-state index in [-0.39, 0.29) is 11.7 Å². The first-order valence-electron chi connectivity index (χ1n) is 6.41. The van der Waals surface area contributed by atoms with E-state index in [0.717, 1.165) is 25.7 Å². The molecular weight excluding hydrogens is 233 g/mol. The molecule has 1 saturated carbocycles. The molecule has 0 unspecified atom stereocenters. The van der Waals surface area contributed by atoms with Gasteiger partial charge in [0.25, 0.3) is 0 Å². The van der Waals surface area contributed by atoms with Crippen LogP contribution in [-0.2, 0) is 0 Å². The van der Waals surface area contributed by atoms with Crippen molar-refractivity contribution < 1.29 is 14.2 Å². The SMILES string of the molecule is COc1c(F)cccc1[C@H](N)[C@H](O)C1CCCC1. The standard InChI is InChI=1S/C14H20FNO2/c1-18-14-10(7-4-8-11(14)15)12(16)13(17)9-5-2-3-6-9/h4,7-9,12-13,17H,2-3,5-6,16H2,1H3/t12-,13+/m0/s1. The second-order valence-electron chi connectivity index (χ2n) is 4.92. The van der Waals surface area contributed by atoms with E-state index in [1.54, 1.807) is 12.1 Å². The first kappa shape index (κ1) is 13.3. The van der Waals surface area contributed by atoms with Crippen molar-refractivity contribution in [2.24, 2.45) is 11.7 Å². The first-order chi connectivity index (χ1) is 8.65. The minimum Gasteiger partial charge on any atom is -0.493 e. The van der Waals surface area contributed by atoms with E-state index in [0.29, 0.717) is 5.56 Å². The van der Waals surface area contributed by atoms with E-state index >= 15 is 0 Å². The minimum absolute atomic E-state index is 0.141. The molecule has 0 spiro atoms. The average Bonchev–Trinajstić information content (AvgIpc) is 2.90. The van der Waals surface area contributed by atoms with Crippen LogP contribution in [0.1, 0.15) is 37.3 Å². The Bertz CT molecular complexity index is 405. The molecule has 4 heteroatoms. The van der Waals surface area contributed by atoms with Gasteiger partial charge in [0.1, 0.15) is 0 Å². The molecule has 1 aromatic carbocycles. The van der Waals surface area contributed by atoms with Gasteiger partial charge in [-0.1, -0.05) is 25.0 Å². The third-order valence-corrected chi connectivity index (χ3v) is 3.81. The second-order valence-corrected chi connectivity index (χ2v) is 4.92. The maximum atomic E-state index is 13.6. The van der Waals surface area contributed by atoms with Gasteiger partial charge in [-0.25, -0.2) is 4.39 Å². The van der Waals surface area contributed by atoms with Crippen LogP contribution in [0.4, 0.5) is 4.39 Å². The third-order valence-electron chi connectivity index (χ3n) is 3.81. The number of methoxy groups -OCH3 is 1. The van der Waals surface area contributed by atoms with Crippen molar-refractivity contribution in [2.45, 2.75) is 37.8 Å². The van der Waals surface area contributed by atoms with Gasteiger partial charge in [0.05, 0.1) is 19.3 Å². The van der Waals surface area contributed by atoms with Gasteiger partial charge in [-0.3, -0.25) is 0 Å². The fourth-order valence-electron chi connectivity index (χ4n) is 2.78.